The molecule has 3 rings (SSSR count). The Kier molecular flexibility index (Phi) is 4.83. The number of hydrogen-bond acceptors (Lipinski definition) is 4. The normalized spacial score (nSPS) is 24.2. The van der Waals surface area contributed by atoms with Crippen LogP contribution < -0.4 is 5.32 Å². The van der Waals surface area contributed by atoms with Gasteiger partial charge in [0.05, 0.1) is 0 Å². The number of rotatable bonds is 4. The standard InChI is InChI=1S/C18H27N5O/c1-11-6-5-7-16(12(11)2)22-17(24)9-8-15-13(3)21-18-19-10-20-23(18)14(15)4/h10-12,16H,5-9H2,1-4H3,(H,22,24)/t11-,12+,16+/m0/s1. The largest absolute Gasteiger partial charge is 0.353 e. The first-order chi connectivity index (χ1) is 11.5. The molecular formula is C18H27N5O. The van der Waals surface area contributed by atoms with Gasteiger partial charge in [0, 0.05) is 23.9 Å². The molecule has 0 unspecified atom stereocenters. The van der Waals surface area contributed by atoms with E-state index in [1.165, 1.54) is 19.2 Å². The molecule has 6 nitrogen and oxygen atoms in total. The smallest absolute Gasteiger partial charge is 0.252 e. The quantitative estimate of drug-likeness (QED) is 0.936. The third kappa shape index (κ3) is 3.28. The molecule has 0 aromatic carbocycles. The van der Waals surface area contributed by atoms with Crippen molar-refractivity contribution in [3.63, 3.8) is 0 Å². The minimum Gasteiger partial charge on any atom is -0.353 e. The van der Waals surface area contributed by atoms with Crippen molar-refractivity contribution in [2.45, 2.75) is 65.8 Å². The molecule has 130 valence electrons. The molecule has 2 aromatic rings. The predicted octanol–water partition coefficient (Wildman–Crippen LogP) is 2.61. The van der Waals surface area contributed by atoms with E-state index in [4.69, 9.17) is 0 Å². The summed E-state index contributed by atoms with van der Waals surface area (Å²) in [4.78, 5) is 21.0. The summed E-state index contributed by atoms with van der Waals surface area (Å²) in [5.74, 6) is 1.99. The van der Waals surface area contributed by atoms with E-state index in [9.17, 15) is 4.79 Å². The van der Waals surface area contributed by atoms with Crippen molar-refractivity contribution in [3.05, 3.63) is 23.3 Å². The summed E-state index contributed by atoms with van der Waals surface area (Å²) >= 11 is 0. The summed E-state index contributed by atoms with van der Waals surface area (Å²) in [5, 5.41) is 7.45. The van der Waals surface area contributed by atoms with Crippen LogP contribution in [0, 0.1) is 25.7 Å². The fourth-order valence-corrected chi connectivity index (χ4v) is 3.82. The van der Waals surface area contributed by atoms with Gasteiger partial charge in [0.2, 0.25) is 5.91 Å². The van der Waals surface area contributed by atoms with Crippen LogP contribution in [-0.4, -0.2) is 31.5 Å². The summed E-state index contributed by atoms with van der Waals surface area (Å²) in [6.07, 6.45) is 6.26. The Hall–Kier alpha value is -1.98. The number of aryl methyl sites for hydroxylation is 2. The molecule has 0 spiro atoms. The summed E-state index contributed by atoms with van der Waals surface area (Å²) in [6, 6.07) is 0.319. The molecule has 3 atom stereocenters. The van der Waals surface area contributed by atoms with E-state index in [1.54, 1.807) is 4.52 Å². The van der Waals surface area contributed by atoms with Crippen LogP contribution in [0.2, 0.25) is 0 Å². The van der Waals surface area contributed by atoms with E-state index in [-0.39, 0.29) is 5.91 Å². The number of hydrogen-bond donors (Lipinski definition) is 1. The summed E-state index contributed by atoms with van der Waals surface area (Å²) in [5.41, 5.74) is 3.04. The zero-order valence-corrected chi connectivity index (χ0v) is 15.0. The van der Waals surface area contributed by atoms with Crippen LogP contribution in [-0.2, 0) is 11.2 Å². The second-order valence-electron chi connectivity index (χ2n) is 7.17. The molecule has 0 saturated heterocycles. The average Bonchev–Trinajstić information content (AvgIpc) is 3.00. The number of carbonyl (C=O) groups is 1. The molecule has 1 fully saturated rings. The second kappa shape index (κ2) is 6.87. The van der Waals surface area contributed by atoms with Gasteiger partial charge in [-0.05, 0) is 44.1 Å². The van der Waals surface area contributed by atoms with Crippen LogP contribution in [0.1, 0.15) is 56.5 Å². The lowest BCUT2D eigenvalue weighted by atomic mass is 9.78. The maximum atomic E-state index is 12.4. The molecule has 1 N–H and O–H groups in total. The highest BCUT2D eigenvalue weighted by atomic mass is 16.1. The fourth-order valence-electron chi connectivity index (χ4n) is 3.82. The van der Waals surface area contributed by atoms with Gasteiger partial charge in [0.25, 0.3) is 5.78 Å². The second-order valence-corrected chi connectivity index (χ2v) is 7.17. The molecule has 1 aliphatic rings. The van der Waals surface area contributed by atoms with Gasteiger partial charge in [-0.3, -0.25) is 4.79 Å². The number of aromatic nitrogens is 4. The van der Waals surface area contributed by atoms with E-state index < -0.39 is 0 Å². The van der Waals surface area contributed by atoms with Crippen LogP contribution in [0.25, 0.3) is 5.78 Å². The van der Waals surface area contributed by atoms with Crippen LogP contribution in [0.15, 0.2) is 6.33 Å². The Labute approximate surface area is 143 Å². The summed E-state index contributed by atoms with van der Waals surface area (Å²) in [6.45, 7) is 8.52. The van der Waals surface area contributed by atoms with E-state index >= 15 is 0 Å². The fraction of sp³-hybridized carbons (Fsp3) is 0.667. The molecule has 1 aliphatic carbocycles. The number of fused-ring (bicyclic) bond motifs is 1. The average molecular weight is 329 g/mol. The Morgan fingerprint density at radius 1 is 1.33 bits per heavy atom. The van der Waals surface area contributed by atoms with Gasteiger partial charge in [0.1, 0.15) is 6.33 Å². The third-order valence-corrected chi connectivity index (χ3v) is 5.64. The first-order valence-corrected chi connectivity index (χ1v) is 8.92. The molecule has 2 heterocycles. The Morgan fingerprint density at radius 2 is 2.12 bits per heavy atom. The van der Waals surface area contributed by atoms with Gasteiger partial charge in [0.15, 0.2) is 0 Å². The molecule has 1 saturated carbocycles. The van der Waals surface area contributed by atoms with Crippen LogP contribution >= 0.6 is 0 Å². The molecule has 1 amide bonds. The third-order valence-electron chi connectivity index (χ3n) is 5.64. The van der Waals surface area contributed by atoms with Crippen molar-refractivity contribution >= 4 is 11.7 Å². The molecule has 24 heavy (non-hydrogen) atoms. The molecular weight excluding hydrogens is 302 g/mol. The van der Waals surface area contributed by atoms with Crippen molar-refractivity contribution in [2.24, 2.45) is 11.8 Å². The number of nitrogens with one attached hydrogen (secondary N) is 1. The molecule has 0 aliphatic heterocycles. The lowest BCUT2D eigenvalue weighted by Crippen LogP contribution is -2.43. The Morgan fingerprint density at radius 3 is 2.92 bits per heavy atom. The SMILES string of the molecule is Cc1nc2ncnn2c(C)c1CCC(=O)N[C@@H]1CCC[C@H](C)[C@H]1C. The van der Waals surface area contributed by atoms with Crippen molar-refractivity contribution in [1.82, 2.24) is 24.9 Å². The molecule has 6 heteroatoms. The van der Waals surface area contributed by atoms with Crippen LogP contribution in [0.5, 0.6) is 0 Å². The van der Waals surface area contributed by atoms with E-state index in [0.29, 0.717) is 36.5 Å². The lowest BCUT2D eigenvalue weighted by Gasteiger charge is -2.34. The van der Waals surface area contributed by atoms with Crippen molar-refractivity contribution < 1.29 is 4.79 Å². The maximum Gasteiger partial charge on any atom is 0.252 e. The van der Waals surface area contributed by atoms with Gasteiger partial charge in [-0.1, -0.05) is 26.7 Å². The van der Waals surface area contributed by atoms with Gasteiger partial charge >= 0.3 is 0 Å². The van der Waals surface area contributed by atoms with Gasteiger partial charge in [-0.2, -0.15) is 10.1 Å². The van der Waals surface area contributed by atoms with E-state index in [1.807, 2.05) is 13.8 Å². The minimum absolute atomic E-state index is 0.137. The van der Waals surface area contributed by atoms with Crippen LogP contribution in [0.3, 0.4) is 0 Å². The van der Waals surface area contributed by atoms with Crippen molar-refractivity contribution in [2.75, 3.05) is 0 Å². The highest BCUT2D eigenvalue weighted by Gasteiger charge is 2.28. The van der Waals surface area contributed by atoms with E-state index in [0.717, 1.165) is 23.4 Å². The first-order valence-electron chi connectivity index (χ1n) is 8.92. The highest BCUT2D eigenvalue weighted by Crippen LogP contribution is 2.29. The predicted molar refractivity (Wildman–Crippen MR) is 92.7 cm³/mol. The topological polar surface area (TPSA) is 72.2 Å². The van der Waals surface area contributed by atoms with Gasteiger partial charge in [-0.15, -0.1) is 0 Å². The summed E-state index contributed by atoms with van der Waals surface area (Å²) < 4.78 is 1.74. The number of carbonyl (C=O) groups excluding carboxylic acids is 1. The summed E-state index contributed by atoms with van der Waals surface area (Å²) in [7, 11) is 0. The highest BCUT2D eigenvalue weighted by molar-refractivity contribution is 5.76. The zero-order valence-electron chi connectivity index (χ0n) is 15.0. The number of nitrogens with zero attached hydrogens (tertiary/aromatic N) is 4. The Balaban J connectivity index is 1.64. The number of amides is 1. The monoisotopic (exact) mass is 329 g/mol. The Bertz CT molecular complexity index is 738. The zero-order chi connectivity index (χ0) is 17.3. The minimum atomic E-state index is 0.137. The molecule has 0 radical (unpaired) electrons. The lowest BCUT2D eigenvalue weighted by molar-refractivity contribution is -0.122. The van der Waals surface area contributed by atoms with Crippen LogP contribution in [0.4, 0.5) is 0 Å². The van der Waals surface area contributed by atoms with Crippen molar-refractivity contribution in [1.29, 1.82) is 0 Å². The molecule has 2 aromatic heterocycles. The molecule has 0 bridgehead atoms. The first kappa shape index (κ1) is 16.9. The van der Waals surface area contributed by atoms with Gasteiger partial charge in [-0.25, -0.2) is 9.50 Å². The maximum absolute atomic E-state index is 12.4. The van der Waals surface area contributed by atoms with E-state index in [2.05, 4.69) is 34.2 Å². The van der Waals surface area contributed by atoms with Gasteiger partial charge < -0.3 is 5.32 Å². The van der Waals surface area contributed by atoms with Crippen molar-refractivity contribution in [3.8, 4) is 0 Å².